The monoisotopic (exact) mass is 559 g/mol. The molecule has 0 spiro atoms. The van der Waals surface area contributed by atoms with Gasteiger partial charge in [-0.05, 0) is 55.2 Å². The number of carbonyl (C=O) groups is 3. The second-order valence-corrected chi connectivity index (χ2v) is 9.98. The second-order valence-electron chi connectivity index (χ2n) is 9.98. The highest BCUT2D eigenvalue weighted by atomic mass is 35.5. The third-order valence-electron chi connectivity index (χ3n) is 6.68. The normalized spacial score (nSPS) is 12.2. The number of rotatable bonds is 18. The van der Waals surface area contributed by atoms with Gasteiger partial charge < -0.3 is 21.1 Å². The maximum absolute atomic E-state index is 13.5. The molecular formula is C31H46ClN3O4. The standard InChI is InChI=1S/C31H45N3O4.ClH/c1-3-5-11-24-16-18-25(19-17-24)21-27(22-29(33)35)34(20-6-4-2)31(37)28(32)14-10-15-30(36)38-23-26-12-8-7-9-13-26;/h7-9,12-13,16-19,27-28H,3-6,10-11,14-15,20-23,32H2,1-2H3,(H2,33,35);1H/t27-,28-;/m0./s1. The van der Waals surface area contributed by atoms with Gasteiger partial charge in [-0.1, -0.05) is 81.3 Å². The van der Waals surface area contributed by atoms with Crippen molar-refractivity contribution in [2.75, 3.05) is 6.54 Å². The summed E-state index contributed by atoms with van der Waals surface area (Å²) >= 11 is 0. The van der Waals surface area contributed by atoms with Gasteiger partial charge in [0.25, 0.3) is 0 Å². The molecule has 8 heteroatoms. The zero-order valence-corrected chi connectivity index (χ0v) is 24.3. The number of benzene rings is 2. The highest BCUT2D eigenvalue weighted by Gasteiger charge is 2.29. The molecule has 7 nitrogen and oxygen atoms in total. The zero-order chi connectivity index (χ0) is 27.8. The highest BCUT2D eigenvalue weighted by molar-refractivity contribution is 5.85. The Morgan fingerprint density at radius 2 is 1.51 bits per heavy atom. The van der Waals surface area contributed by atoms with Crippen LogP contribution in [0.2, 0.25) is 0 Å². The highest BCUT2D eigenvalue weighted by Crippen LogP contribution is 2.18. The topological polar surface area (TPSA) is 116 Å². The molecule has 39 heavy (non-hydrogen) atoms. The van der Waals surface area contributed by atoms with Crippen molar-refractivity contribution in [1.82, 2.24) is 4.90 Å². The molecule has 0 aliphatic rings. The van der Waals surface area contributed by atoms with Gasteiger partial charge in [0, 0.05) is 25.4 Å². The van der Waals surface area contributed by atoms with E-state index in [4.69, 9.17) is 16.2 Å². The lowest BCUT2D eigenvalue weighted by Crippen LogP contribution is -2.51. The smallest absolute Gasteiger partial charge is 0.306 e. The zero-order valence-electron chi connectivity index (χ0n) is 23.5. The van der Waals surface area contributed by atoms with Crippen LogP contribution in [0.4, 0.5) is 0 Å². The van der Waals surface area contributed by atoms with Crippen molar-refractivity contribution in [2.45, 2.75) is 96.7 Å². The largest absolute Gasteiger partial charge is 0.461 e. The molecule has 0 unspecified atom stereocenters. The van der Waals surface area contributed by atoms with Crippen molar-refractivity contribution in [3.05, 3.63) is 71.3 Å². The summed E-state index contributed by atoms with van der Waals surface area (Å²) in [4.78, 5) is 39.3. The van der Waals surface area contributed by atoms with Crippen LogP contribution in [0.5, 0.6) is 0 Å². The molecule has 2 atom stereocenters. The van der Waals surface area contributed by atoms with Gasteiger partial charge in [0.05, 0.1) is 6.04 Å². The Morgan fingerprint density at radius 1 is 0.872 bits per heavy atom. The number of nitrogens with two attached hydrogens (primary N) is 2. The Bertz CT molecular complexity index is 985. The fraction of sp³-hybridized carbons (Fsp3) is 0.516. The van der Waals surface area contributed by atoms with E-state index in [0.29, 0.717) is 25.8 Å². The summed E-state index contributed by atoms with van der Waals surface area (Å²) in [6, 6.07) is 16.7. The first-order chi connectivity index (χ1) is 18.3. The summed E-state index contributed by atoms with van der Waals surface area (Å²) < 4.78 is 5.32. The Morgan fingerprint density at radius 3 is 2.13 bits per heavy atom. The van der Waals surface area contributed by atoms with Crippen LogP contribution in [0.3, 0.4) is 0 Å². The van der Waals surface area contributed by atoms with Crippen molar-refractivity contribution in [2.24, 2.45) is 11.5 Å². The van der Waals surface area contributed by atoms with E-state index in [0.717, 1.165) is 43.2 Å². The molecule has 2 aromatic rings. The Hall–Kier alpha value is -2.90. The average Bonchev–Trinajstić information content (AvgIpc) is 2.91. The molecule has 0 heterocycles. The van der Waals surface area contributed by atoms with E-state index in [2.05, 4.69) is 38.1 Å². The molecule has 2 rings (SSSR count). The van der Waals surface area contributed by atoms with E-state index < -0.39 is 11.9 Å². The molecule has 0 aromatic heterocycles. The van der Waals surface area contributed by atoms with Crippen LogP contribution in [0.25, 0.3) is 0 Å². The number of ether oxygens (including phenoxy) is 1. The molecule has 0 saturated carbocycles. The lowest BCUT2D eigenvalue weighted by molar-refractivity contribution is -0.145. The number of primary amides is 1. The molecule has 4 N–H and O–H groups in total. The van der Waals surface area contributed by atoms with E-state index in [1.54, 1.807) is 4.90 Å². The van der Waals surface area contributed by atoms with Crippen LogP contribution >= 0.6 is 12.4 Å². The summed E-state index contributed by atoms with van der Waals surface area (Å²) in [7, 11) is 0. The van der Waals surface area contributed by atoms with Crippen LogP contribution in [0.1, 0.15) is 81.9 Å². The van der Waals surface area contributed by atoms with Crippen molar-refractivity contribution in [3.63, 3.8) is 0 Å². The van der Waals surface area contributed by atoms with Gasteiger partial charge in [0.2, 0.25) is 11.8 Å². The lowest BCUT2D eigenvalue weighted by atomic mass is 9.97. The lowest BCUT2D eigenvalue weighted by Gasteiger charge is -2.33. The van der Waals surface area contributed by atoms with Crippen molar-refractivity contribution in [3.8, 4) is 0 Å². The number of aryl methyl sites for hydroxylation is 1. The first-order valence-corrected chi connectivity index (χ1v) is 14.0. The number of hydrogen-bond donors (Lipinski definition) is 2. The fourth-order valence-electron chi connectivity index (χ4n) is 4.43. The van der Waals surface area contributed by atoms with E-state index >= 15 is 0 Å². The second kappa shape index (κ2) is 19.2. The molecule has 0 bridgehead atoms. The van der Waals surface area contributed by atoms with Crippen LogP contribution in [0, 0.1) is 0 Å². The minimum Gasteiger partial charge on any atom is -0.461 e. The quantitative estimate of drug-likeness (QED) is 0.246. The van der Waals surface area contributed by atoms with E-state index in [1.165, 1.54) is 5.56 Å². The molecule has 0 aliphatic heterocycles. The maximum Gasteiger partial charge on any atom is 0.306 e. The predicted octanol–water partition coefficient (Wildman–Crippen LogP) is 5.11. The predicted molar refractivity (Wildman–Crippen MR) is 158 cm³/mol. The maximum atomic E-state index is 13.5. The minimum absolute atomic E-state index is 0. The van der Waals surface area contributed by atoms with Crippen LogP contribution in [-0.2, 0) is 38.6 Å². The Labute approximate surface area is 240 Å². The van der Waals surface area contributed by atoms with E-state index in [1.807, 2.05) is 30.3 Å². The number of halogens is 1. The number of hydrogen-bond acceptors (Lipinski definition) is 5. The van der Waals surface area contributed by atoms with Crippen LogP contribution < -0.4 is 11.5 Å². The number of unbranched alkanes of at least 4 members (excludes halogenated alkanes) is 2. The minimum atomic E-state index is -0.763. The van der Waals surface area contributed by atoms with Crippen molar-refractivity contribution < 1.29 is 19.1 Å². The summed E-state index contributed by atoms with van der Waals surface area (Å²) in [6.45, 7) is 4.97. The number of esters is 1. The molecule has 2 amide bonds. The fourth-order valence-corrected chi connectivity index (χ4v) is 4.43. The number of carbonyl (C=O) groups excluding carboxylic acids is 3. The summed E-state index contributed by atoms with van der Waals surface area (Å²) in [5.41, 5.74) is 15.2. The van der Waals surface area contributed by atoms with Gasteiger partial charge in [-0.25, -0.2) is 0 Å². The molecule has 0 fully saturated rings. The Balaban J connectivity index is 0.00000760. The third kappa shape index (κ3) is 13.1. The molecular weight excluding hydrogens is 514 g/mol. The van der Waals surface area contributed by atoms with Gasteiger partial charge in [-0.15, -0.1) is 12.4 Å². The van der Waals surface area contributed by atoms with Gasteiger partial charge in [-0.2, -0.15) is 0 Å². The van der Waals surface area contributed by atoms with Gasteiger partial charge in [0.1, 0.15) is 6.61 Å². The average molecular weight is 560 g/mol. The summed E-state index contributed by atoms with van der Waals surface area (Å²) in [5.74, 6) is -0.967. The first-order valence-electron chi connectivity index (χ1n) is 14.0. The molecule has 0 radical (unpaired) electrons. The van der Waals surface area contributed by atoms with Crippen molar-refractivity contribution >= 4 is 30.2 Å². The number of nitrogens with zero attached hydrogens (tertiary/aromatic N) is 1. The SMILES string of the molecule is CCCCc1ccc(C[C@@H](CC(N)=O)N(CCCC)C(=O)[C@@H](N)CCCC(=O)OCc2ccccc2)cc1.Cl. The van der Waals surface area contributed by atoms with Gasteiger partial charge in [-0.3, -0.25) is 14.4 Å². The third-order valence-corrected chi connectivity index (χ3v) is 6.68. The van der Waals surface area contributed by atoms with Gasteiger partial charge in [0.15, 0.2) is 0 Å². The Kier molecular flexibility index (Phi) is 16.8. The van der Waals surface area contributed by atoms with Crippen LogP contribution in [-0.4, -0.2) is 41.3 Å². The number of amides is 2. The van der Waals surface area contributed by atoms with E-state index in [-0.39, 0.29) is 49.8 Å². The molecule has 2 aromatic carbocycles. The first kappa shape index (κ1) is 34.1. The van der Waals surface area contributed by atoms with Crippen LogP contribution in [0.15, 0.2) is 54.6 Å². The van der Waals surface area contributed by atoms with Gasteiger partial charge >= 0.3 is 5.97 Å². The molecule has 0 aliphatic carbocycles. The molecule has 216 valence electrons. The summed E-state index contributed by atoms with van der Waals surface area (Å²) in [5, 5.41) is 0. The van der Waals surface area contributed by atoms with Crippen molar-refractivity contribution in [1.29, 1.82) is 0 Å². The molecule has 0 saturated heterocycles. The summed E-state index contributed by atoms with van der Waals surface area (Å²) in [6.07, 6.45) is 6.64. The van der Waals surface area contributed by atoms with E-state index in [9.17, 15) is 14.4 Å².